The Morgan fingerprint density at radius 1 is 1.24 bits per heavy atom. The number of amides is 1. The maximum Gasteiger partial charge on any atom is 0.253 e. The van der Waals surface area contributed by atoms with Crippen molar-refractivity contribution >= 4 is 21.8 Å². The number of carbonyl (C=O) groups is 1. The summed E-state index contributed by atoms with van der Waals surface area (Å²) in [5.41, 5.74) is 1.33. The Morgan fingerprint density at radius 3 is 2.71 bits per heavy atom. The van der Waals surface area contributed by atoms with Gasteiger partial charge in [0.1, 0.15) is 11.5 Å². The summed E-state index contributed by atoms with van der Waals surface area (Å²) in [5.74, 6) is 1.21. The lowest BCUT2D eigenvalue weighted by Crippen LogP contribution is -2.23. The molecule has 21 heavy (non-hydrogen) atoms. The molecule has 0 unspecified atom stereocenters. The molecule has 2 aromatic rings. The van der Waals surface area contributed by atoms with E-state index in [4.69, 9.17) is 9.47 Å². The zero-order chi connectivity index (χ0) is 15.2. The fourth-order valence-corrected chi connectivity index (χ4v) is 2.20. The molecule has 0 spiro atoms. The molecule has 0 fully saturated rings. The van der Waals surface area contributed by atoms with Crippen LogP contribution in [0, 0.1) is 0 Å². The van der Waals surface area contributed by atoms with Gasteiger partial charge < -0.3 is 14.8 Å². The molecule has 5 nitrogen and oxygen atoms in total. The van der Waals surface area contributed by atoms with Gasteiger partial charge in [0.05, 0.1) is 19.8 Å². The summed E-state index contributed by atoms with van der Waals surface area (Å²) in [4.78, 5) is 16.0. The molecule has 2 rings (SSSR count). The Morgan fingerprint density at radius 2 is 2.05 bits per heavy atom. The first-order chi connectivity index (χ1) is 10.1. The molecule has 1 amide bonds. The van der Waals surface area contributed by atoms with E-state index >= 15 is 0 Å². The second-order valence-corrected chi connectivity index (χ2v) is 5.17. The predicted molar refractivity (Wildman–Crippen MR) is 82.7 cm³/mol. The van der Waals surface area contributed by atoms with Crippen molar-refractivity contribution in [3.8, 4) is 11.5 Å². The lowest BCUT2D eigenvalue weighted by molar-refractivity contribution is 0.0950. The average Bonchev–Trinajstić information content (AvgIpc) is 2.52. The molecule has 110 valence electrons. The molecule has 0 saturated heterocycles. The second-order valence-electron chi connectivity index (χ2n) is 4.25. The van der Waals surface area contributed by atoms with Gasteiger partial charge in [-0.2, -0.15) is 0 Å². The van der Waals surface area contributed by atoms with Gasteiger partial charge in [0, 0.05) is 29.0 Å². The van der Waals surface area contributed by atoms with Crippen molar-refractivity contribution in [2.75, 3.05) is 14.2 Å². The number of methoxy groups -OCH3 is 2. The zero-order valence-electron chi connectivity index (χ0n) is 11.7. The quantitative estimate of drug-likeness (QED) is 0.900. The van der Waals surface area contributed by atoms with Crippen LogP contribution in [0.2, 0.25) is 0 Å². The summed E-state index contributed by atoms with van der Waals surface area (Å²) in [6.07, 6.45) is 3.14. The number of hydrogen-bond acceptors (Lipinski definition) is 4. The minimum atomic E-state index is -0.200. The van der Waals surface area contributed by atoms with Crippen LogP contribution in [-0.4, -0.2) is 25.1 Å². The van der Waals surface area contributed by atoms with E-state index in [-0.39, 0.29) is 5.91 Å². The molecule has 0 bridgehead atoms. The standard InChI is InChI=1S/C15H15BrN2O3/c1-20-13-3-4-14(21-2)10(6-13)8-18-15(19)11-5-12(16)9-17-7-11/h3-7,9H,8H2,1-2H3,(H,18,19). The van der Waals surface area contributed by atoms with E-state index in [1.165, 1.54) is 6.20 Å². The van der Waals surface area contributed by atoms with Crippen molar-refractivity contribution in [1.29, 1.82) is 0 Å². The zero-order valence-corrected chi connectivity index (χ0v) is 13.3. The molecule has 0 aliphatic heterocycles. The number of pyridine rings is 1. The highest BCUT2D eigenvalue weighted by Gasteiger charge is 2.09. The third-order valence-electron chi connectivity index (χ3n) is 2.89. The molecule has 0 atom stereocenters. The van der Waals surface area contributed by atoms with Gasteiger partial charge in [-0.3, -0.25) is 9.78 Å². The van der Waals surface area contributed by atoms with Crippen LogP contribution in [0.25, 0.3) is 0 Å². The van der Waals surface area contributed by atoms with Crippen LogP contribution in [0.15, 0.2) is 41.1 Å². The Labute approximate surface area is 131 Å². The van der Waals surface area contributed by atoms with E-state index < -0.39 is 0 Å². The van der Waals surface area contributed by atoms with Crippen LogP contribution in [0.1, 0.15) is 15.9 Å². The Kier molecular flexibility index (Phi) is 5.16. The molecular weight excluding hydrogens is 336 g/mol. The van der Waals surface area contributed by atoms with E-state index in [1.807, 2.05) is 12.1 Å². The van der Waals surface area contributed by atoms with Crippen molar-refractivity contribution in [3.05, 3.63) is 52.3 Å². The Balaban J connectivity index is 2.10. The largest absolute Gasteiger partial charge is 0.497 e. The topological polar surface area (TPSA) is 60.5 Å². The molecule has 1 N–H and O–H groups in total. The molecule has 0 saturated carbocycles. The van der Waals surface area contributed by atoms with Gasteiger partial charge in [-0.15, -0.1) is 0 Å². The van der Waals surface area contributed by atoms with Crippen molar-refractivity contribution in [2.45, 2.75) is 6.54 Å². The summed E-state index contributed by atoms with van der Waals surface area (Å²) < 4.78 is 11.2. The highest BCUT2D eigenvalue weighted by Crippen LogP contribution is 2.23. The van der Waals surface area contributed by atoms with E-state index in [2.05, 4.69) is 26.2 Å². The maximum absolute atomic E-state index is 12.1. The first-order valence-electron chi connectivity index (χ1n) is 6.23. The predicted octanol–water partition coefficient (Wildman–Crippen LogP) is 2.79. The second kappa shape index (κ2) is 7.08. The van der Waals surface area contributed by atoms with Crippen LogP contribution in [0.3, 0.4) is 0 Å². The minimum absolute atomic E-state index is 0.200. The summed E-state index contributed by atoms with van der Waals surface area (Å²) in [5, 5.41) is 2.83. The van der Waals surface area contributed by atoms with E-state index in [9.17, 15) is 4.79 Å². The molecule has 0 radical (unpaired) electrons. The Hall–Kier alpha value is -2.08. The first-order valence-corrected chi connectivity index (χ1v) is 7.03. The minimum Gasteiger partial charge on any atom is -0.497 e. The van der Waals surface area contributed by atoms with Gasteiger partial charge in [-0.25, -0.2) is 0 Å². The van der Waals surface area contributed by atoms with Crippen LogP contribution in [0.5, 0.6) is 11.5 Å². The summed E-state index contributed by atoms with van der Waals surface area (Å²) in [6, 6.07) is 7.16. The van der Waals surface area contributed by atoms with Gasteiger partial charge in [-0.05, 0) is 40.2 Å². The van der Waals surface area contributed by atoms with Crippen molar-refractivity contribution in [3.63, 3.8) is 0 Å². The van der Waals surface area contributed by atoms with Gasteiger partial charge in [0.15, 0.2) is 0 Å². The lowest BCUT2D eigenvalue weighted by atomic mass is 10.1. The molecular formula is C15H15BrN2O3. The Bertz CT molecular complexity index is 647. The monoisotopic (exact) mass is 350 g/mol. The fourth-order valence-electron chi connectivity index (χ4n) is 1.83. The van der Waals surface area contributed by atoms with Gasteiger partial charge in [-0.1, -0.05) is 0 Å². The molecule has 1 aromatic heterocycles. The number of nitrogens with zero attached hydrogens (tertiary/aromatic N) is 1. The van der Waals surface area contributed by atoms with Crippen molar-refractivity contribution < 1.29 is 14.3 Å². The average molecular weight is 351 g/mol. The van der Waals surface area contributed by atoms with Crippen LogP contribution in [0.4, 0.5) is 0 Å². The third kappa shape index (κ3) is 3.95. The normalized spacial score (nSPS) is 10.0. The number of hydrogen-bond donors (Lipinski definition) is 1. The van der Waals surface area contributed by atoms with Crippen molar-refractivity contribution in [2.24, 2.45) is 0 Å². The highest BCUT2D eigenvalue weighted by molar-refractivity contribution is 9.10. The highest BCUT2D eigenvalue weighted by atomic mass is 79.9. The van der Waals surface area contributed by atoms with E-state index in [1.54, 1.807) is 32.5 Å². The van der Waals surface area contributed by atoms with Crippen LogP contribution < -0.4 is 14.8 Å². The van der Waals surface area contributed by atoms with E-state index in [0.717, 1.165) is 10.0 Å². The molecule has 0 aliphatic carbocycles. The summed E-state index contributed by atoms with van der Waals surface area (Å²) in [7, 11) is 3.18. The van der Waals surface area contributed by atoms with Gasteiger partial charge >= 0.3 is 0 Å². The first kappa shape index (κ1) is 15.3. The van der Waals surface area contributed by atoms with E-state index in [0.29, 0.717) is 23.6 Å². The fraction of sp³-hybridized carbons (Fsp3) is 0.200. The number of aromatic nitrogens is 1. The molecule has 0 aliphatic rings. The maximum atomic E-state index is 12.1. The number of benzene rings is 1. The number of halogens is 1. The summed E-state index contributed by atoms with van der Waals surface area (Å²) in [6.45, 7) is 0.339. The number of ether oxygens (including phenoxy) is 2. The van der Waals surface area contributed by atoms with Crippen molar-refractivity contribution in [1.82, 2.24) is 10.3 Å². The lowest BCUT2D eigenvalue weighted by Gasteiger charge is -2.11. The molecule has 1 aromatic carbocycles. The summed E-state index contributed by atoms with van der Waals surface area (Å²) >= 11 is 3.29. The van der Waals surface area contributed by atoms with Gasteiger partial charge in [0.25, 0.3) is 5.91 Å². The van der Waals surface area contributed by atoms with Crippen LogP contribution >= 0.6 is 15.9 Å². The van der Waals surface area contributed by atoms with Crippen LogP contribution in [-0.2, 0) is 6.54 Å². The number of rotatable bonds is 5. The third-order valence-corrected chi connectivity index (χ3v) is 3.33. The molecule has 6 heteroatoms. The number of nitrogens with one attached hydrogen (secondary N) is 1. The SMILES string of the molecule is COc1ccc(OC)c(CNC(=O)c2cncc(Br)c2)c1. The number of carbonyl (C=O) groups excluding carboxylic acids is 1. The van der Waals surface area contributed by atoms with Gasteiger partial charge in [0.2, 0.25) is 0 Å². The molecule has 1 heterocycles. The smallest absolute Gasteiger partial charge is 0.253 e.